The first-order chi connectivity index (χ1) is 16.5. The molecule has 3 aliphatic rings. The summed E-state index contributed by atoms with van der Waals surface area (Å²) in [4.78, 5) is 30.1. The number of carbonyl (C=O) groups is 2. The molecule has 2 saturated heterocycles. The predicted molar refractivity (Wildman–Crippen MR) is 126 cm³/mol. The van der Waals surface area contributed by atoms with Crippen molar-refractivity contribution in [3.8, 4) is 17.2 Å². The van der Waals surface area contributed by atoms with E-state index in [1.807, 2.05) is 49.4 Å². The lowest BCUT2D eigenvalue weighted by molar-refractivity contribution is -0.135. The molecular formula is C26H31N3O5. The third-order valence-electron chi connectivity index (χ3n) is 7.38. The van der Waals surface area contributed by atoms with Gasteiger partial charge >= 0.3 is 6.03 Å². The number of rotatable bonds is 6. The van der Waals surface area contributed by atoms with Gasteiger partial charge in [-0.05, 0) is 56.5 Å². The highest BCUT2D eigenvalue weighted by Crippen LogP contribution is 2.37. The smallest absolute Gasteiger partial charge is 0.325 e. The van der Waals surface area contributed by atoms with Gasteiger partial charge in [0.25, 0.3) is 5.91 Å². The zero-order chi connectivity index (χ0) is 23.7. The first kappa shape index (κ1) is 22.5. The Morgan fingerprint density at radius 2 is 1.76 bits per heavy atom. The molecule has 2 fully saturated rings. The Balaban J connectivity index is 1.23. The molecule has 0 bridgehead atoms. The number of fused-ring (bicyclic) bond motifs is 1. The molecule has 0 saturated carbocycles. The minimum absolute atomic E-state index is 0.0591. The number of nitrogens with zero attached hydrogens (tertiary/aromatic N) is 2. The number of hydrogen-bond donors (Lipinski definition) is 2. The minimum atomic E-state index is -0.883. The fraction of sp³-hybridized carbons (Fsp3) is 0.462. The summed E-state index contributed by atoms with van der Waals surface area (Å²) in [5.74, 6) is 1.50. The number of hydrogen-bond acceptors (Lipinski definition) is 6. The fourth-order valence-electron chi connectivity index (χ4n) is 5.44. The Morgan fingerprint density at radius 1 is 1.06 bits per heavy atom. The van der Waals surface area contributed by atoms with Gasteiger partial charge in [-0.25, -0.2) is 4.79 Å². The summed E-state index contributed by atoms with van der Waals surface area (Å²) in [5, 5.41) is 13.1. The average Bonchev–Trinajstić information content (AvgIpc) is 3.11. The molecule has 2 atom stereocenters. The molecule has 0 radical (unpaired) electrons. The van der Waals surface area contributed by atoms with Gasteiger partial charge in [0, 0.05) is 12.1 Å². The molecule has 2 aromatic rings. The van der Waals surface area contributed by atoms with Crippen LogP contribution < -0.4 is 14.8 Å². The van der Waals surface area contributed by atoms with Gasteiger partial charge in [-0.15, -0.1) is 0 Å². The molecule has 5 rings (SSSR count). The van der Waals surface area contributed by atoms with Crippen LogP contribution in [0.2, 0.25) is 0 Å². The number of piperidine rings is 1. The molecular weight excluding hydrogens is 434 g/mol. The van der Waals surface area contributed by atoms with E-state index < -0.39 is 11.6 Å². The number of amides is 3. The lowest BCUT2D eigenvalue weighted by Crippen LogP contribution is -2.56. The predicted octanol–water partition coefficient (Wildman–Crippen LogP) is 3.14. The van der Waals surface area contributed by atoms with E-state index in [9.17, 15) is 14.7 Å². The standard InChI is InChI=1S/C26H31N3O5/c1-2-26(19-11-13-28(14-12-19)15-18-7-3-4-8-21(18)30)24(31)29(25(32)27-26)16-20-17-33-22-9-5-6-10-23(22)34-20/h3-10,19-20,30H,2,11-17H2,1H3,(H,27,32). The molecule has 3 aliphatic heterocycles. The third kappa shape index (κ3) is 4.07. The van der Waals surface area contributed by atoms with Crippen LogP contribution in [0.3, 0.4) is 0 Å². The molecule has 8 nitrogen and oxygen atoms in total. The second kappa shape index (κ2) is 9.18. The van der Waals surface area contributed by atoms with Crippen molar-refractivity contribution in [3.63, 3.8) is 0 Å². The summed E-state index contributed by atoms with van der Waals surface area (Å²) in [6.45, 7) is 4.70. The summed E-state index contributed by atoms with van der Waals surface area (Å²) < 4.78 is 11.8. The second-order valence-corrected chi connectivity index (χ2v) is 9.35. The number of urea groups is 1. The molecule has 2 N–H and O–H groups in total. The van der Waals surface area contributed by atoms with Crippen molar-refractivity contribution in [2.75, 3.05) is 26.2 Å². The van der Waals surface area contributed by atoms with E-state index in [1.165, 1.54) is 4.90 Å². The number of nitrogens with one attached hydrogen (secondary N) is 1. The number of phenols is 1. The maximum atomic E-state index is 13.6. The second-order valence-electron chi connectivity index (χ2n) is 9.35. The van der Waals surface area contributed by atoms with Gasteiger partial charge in [0.1, 0.15) is 17.9 Å². The van der Waals surface area contributed by atoms with Crippen LogP contribution in [0.25, 0.3) is 0 Å². The molecule has 2 unspecified atom stereocenters. The van der Waals surface area contributed by atoms with E-state index >= 15 is 0 Å². The number of benzene rings is 2. The number of carbonyl (C=O) groups excluding carboxylic acids is 2. The maximum Gasteiger partial charge on any atom is 0.325 e. The molecule has 3 amide bonds. The molecule has 2 aromatic carbocycles. The number of aromatic hydroxyl groups is 1. The lowest BCUT2D eigenvalue weighted by Gasteiger charge is -2.40. The van der Waals surface area contributed by atoms with E-state index in [1.54, 1.807) is 6.07 Å². The van der Waals surface area contributed by atoms with Crippen molar-refractivity contribution in [2.45, 2.75) is 44.4 Å². The fourth-order valence-corrected chi connectivity index (χ4v) is 5.44. The minimum Gasteiger partial charge on any atom is -0.508 e. The number of ether oxygens (including phenoxy) is 2. The van der Waals surface area contributed by atoms with Gasteiger partial charge in [-0.2, -0.15) is 0 Å². The molecule has 0 spiro atoms. The molecule has 3 heterocycles. The SMILES string of the molecule is CCC1(C2CCN(Cc3ccccc3O)CC2)NC(=O)N(CC2COc3ccccc3O2)C1=O. The number of phenolic OH excluding ortho intramolecular Hbond substituents is 1. The van der Waals surface area contributed by atoms with Crippen molar-refractivity contribution in [2.24, 2.45) is 5.92 Å². The van der Waals surface area contributed by atoms with E-state index in [0.29, 0.717) is 30.2 Å². The van der Waals surface area contributed by atoms with Crippen LogP contribution in [0.15, 0.2) is 48.5 Å². The number of imide groups is 1. The van der Waals surface area contributed by atoms with Crippen LogP contribution in [-0.4, -0.2) is 64.7 Å². The van der Waals surface area contributed by atoms with Crippen LogP contribution in [0.5, 0.6) is 17.2 Å². The largest absolute Gasteiger partial charge is 0.508 e. The van der Waals surface area contributed by atoms with Crippen LogP contribution in [0.1, 0.15) is 31.7 Å². The summed E-state index contributed by atoms with van der Waals surface area (Å²) in [6.07, 6.45) is 1.75. The monoisotopic (exact) mass is 465 g/mol. The average molecular weight is 466 g/mol. The topological polar surface area (TPSA) is 91.3 Å². The van der Waals surface area contributed by atoms with Gasteiger partial charge in [0.15, 0.2) is 17.6 Å². The van der Waals surface area contributed by atoms with Crippen LogP contribution in [0, 0.1) is 5.92 Å². The summed E-state index contributed by atoms with van der Waals surface area (Å²) in [7, 11) is 0. The van der Waals surface area contributed by atoms with Crippen LogP contribution >= 0.6 is 0 Å². The van der Waals surface area contributed by atoms with Gasteiger partial charge < -0.3 is 19.9 Å². The van der Waals surface area contributed by atoms with Crippen LogP contribution in [0.4, 0.5) is 4.79 Å². The van der Waals surface area contributed by atoms with Crippen molar-refractivity contribution >= 4 is 11.9 Å². The lowest BCUT2D eigenvalue weighted by atomic mass is 9.75. The molecule has 0 aromatic heterocycles. The van der Waals surface area contributed by atoms with Crippen molar-refractivity contribution in [3.05, 3.63) is 54.1 Å². The highest BCUT2D eigenvalue weighted by Gasteiger charge is 2.55. The normalized spacial score (nSPS) is 25.4. The molecule has 180 valence electrons. The van der Waals surface area contributed by atoms with Crippen molar-refractivity contribution in [1.82, 2.24) is 15.1 Å². The summed E-state index contributed by atoms with van der Waals surface area (Å²) in [6, 6.07) is 14.4. The Kier molecular flexibility index (Phi) is 6.08. The Bertz CT molecular complexity index is 1070. The van der Waals surface area contributed by atoms with Gasteiger partial charge in [-0.3, -0.25) is 14.6 Å². The zero-order valence-electron chi connectivity index (χ0n) is 19.4. The highest BCUT2D eigenvalue weighted by molar-refractivity contribution is 6.07. The Labute approximate surface area is 199 Å². The Morgan fingerprint density at radius 3 is 2.50 bits per heavy atom. The van der Waals surface area contributed by atoms with Gasteiger partial charge in [0.05, 0.1) is 6.54 Å². The van der Waals surface area contributed by atoms with E-state index in [0.717, 1.165) is 31.5 Å². The van der Waals surface area contributed by atoms with Gasteiger partial charge in [-0.1, -0.05) is 37.3 Å². The first-order valence-electron chi connectivity index (χ1n) is 12.0. The van der Waals surface area contributed by atoms with E-state index in [-0.39, 0.29) is 31.0 Å². The maximum absolute atomic E-state index is 13.6. The number of para-hydroxylation sites is 3. The number of likely N-dealkylation sites (tertiary alicyclic amines) is 1. The van der Waals surface area contributed by atoms with E-state index in [2.05, 4.69) is 10.2 Å². The molecule has 8 heteroatoms. The van der Waals surface area contributed by atoms with Crippen LogP contribution in [-0.2, 0) is 11.3 Å². The summed E-state index contributed by atoms with van der Waals surface area (Å²) >= 11 is 0. The highest BCUT2D eigenvalue weighted by atomic mass is 16.6. The third-order valence-corrected chi connectivity index (χ3v) is 7.38. The quantitative estimate of drug-likeness (QED) is 0.637. The Hall–Kier alpha value is -3.26. The van der Waals surface area contributed by atoms with Crippen molar-refractivity contribution < 1.29 is 24.2 Å². The molecule has 34 heavy (non-hydrogen) atoms. The summed E-state index contributed by atoms with van der Waals surface area (Å²) in [5.41, 5.74) is 0.0183. The molecule has 0 aliphatic carbocycles. The van der Waals surface area contributed by atoms with E-state index in [4.69, 9.17) is 9.47 Å². The first-order valence-corrected chi connectivity index (χ1v) is 12.0. The van der Waals surface area contributed by atoms with Gasteiger partial charge in [0.2, 0.25) is 0 Å². The van der Waals surface area contributed by atoms with Crippen molar-refractivity contribution in [1.29, 1.82) is 0 Å². The zero-order valence-corrected chi connectivity index (χ0v) is 19.4.